The van der Waals surface area contributed by atoms with Gasteiger partial charge in [0, 0.05) is 56.4 Å². The first-order valence-corrected chi connectivity index (χ1v) is 9.52. The number of nitrogens with one attached hydrogen (secondary N) is 2. The molecular formula is C20H29N5O. The van der Waals surface area contributed by atoms with E-state index in [0.717, 1.165) is 43.3 Å². The second-order valence-corrected chi connectivity index (χ2v) is 8.09. The summed E-state index contributed by atoms with van der Waals surface area (Å²) in [4.78, 5) is 9.14. The van der Waals surface area contributed by atoms with Crippen LogP contribution in [0.5, 0.6) is 0 Å². The molecule has 2 fully saturated rings. The molecule has 1 aliphatic carbocycles. The van der Waals surface area contributed by atoms with Gasteiger partial charge in [0.15, 0.2) is 5.96 Å². The number of aliphatic imine (C=N–C) groups is 1. The van der Waals surface area contributed by atoms with E-state index in [0.29, 0.717) is 18.1 Å². The molecule has 26 heavy (non-hydrogen) atoms. The lowest BCUT2D eigenvalue weighted by molar-refractivity contribution is -0.106. The van der Waals surface area contributed by atoms with Crippen LogP contribution in [-0.2, 0) is 11.2 Å². The topological polar surface area (TPSA) is 63.0 Å². The Bertz CT molecular complexity index is 825. The molecule has 6 nitrogen and oxygen atoms in total. The summed E-state index contributed by atoms with van der Waals surface area (Å²) in [5, 5.41) is 7.06. The standard InChI is InChI=1S/C20H29N5O/c1-13-6-5-10-25-12-14(23-18(13)25)7-9-22-19(21-4)24-16-15-8-11-26-17(15)20(16,2)3/h5-6,10,12,15-17H,7-9,11H2,1-4H3,(H2,21,22,24). The third-order valence-corrected chi connectivity index (χ3v) is 6.02. The van der Waals surface area contributed by atoms with Crippen molar-refractivity contribution in [2.24, 2.45) is 16.3 Å². The van der Waals surface area contributed by atoms with Gasteiger partial charge in [0.25, 0.3) is 0 Å². The molecule has 3 unspecified atom stereocenters. The van der Waals surface area contributed by atoms with Crippen LogP contribution in [0.15, 0.2) is 29.5 Å². The number of aromatic nitrogens is 2. The van der Waals surface area contributed by atoms with Crippen molar-refractivity contribution < 1.29 is 4.74 Å². The highest BCUT2D eigenvalue weighted by Crippen LogP contribution is 2.52. The minimum atomic E-state index is 0.151. The summed E-state index contributed by atoms with van der Waals surface area (Å²) in [6.45, 7) is 8.35. The molecule has 3 atom stereocenters. The molecule has 3 heterocycles. The minimum Gasteiger partial charge on any atom is -0.377 e. The highest BCUT2D eigenvalue weighted by molar-refractivity contribution is 5.80. The van der Waals surface area contributed by atoms with Gasteiger partial charge in [-0.25, -0.2) is 4.98 Å². The first-order valence-electron chi connectivity index (χ1n) is 9.52. The molecule has 0 aromatic carbocycles. The lowest BCUT2D eigenvalue weighted by atomic mass is 9.57. The van der Waals surface area contributed by atoms with E-state index in [1.54, 1.807) is 0 Å². The van der Waals surface area contributed by atoms with Gasteiger partial charge in [-0.15, -0.1) is 0 Å². The van der Waals surface area contributed by atoms with Crippen molar-refractivity contribution in [1.29, 1.82) is 0 Å². The quantitative estimate of drug-likeness (QED) is 0.652. The number of hydrogen-bond donors (Lipinski definition) is 2. The lowest BCUT2D eigenvalue weighted by Crippen LogP contribution is -2.68. The summed E-state index contributed by atoms with van der Waals surface area (Å²) >= 11 is 0. The Morgan fingerprint density at radius 1 is 1.46 bits per heavy atom. The number of aryl methyl sites for hydroxylation is 1. The van der Waals surface area contributed by atoms with Crippen LogP contribution in [0.4, 0.5) is 0 Å². The first-order chi connectivity index (χ1) is 12.5. The molecule has 6 heteroatoms. The number of hydrogen-bond acceptors (Lipinski definition) is 3. The van der Waals surface area contributed by atoms with E-state index >= 15 is 0 Å². The van der Waals surface area contributed by atoms with E-state index in [-0.39, 0.29) is 5.41 Å². The smallest absolute Gasteiger partial charge is 0.191 e. The predicted molar refractivity (Wildman–Crippen MR) is 104 cm³/mol. The van der Waals surface area contributed by atoms with Crippen LogP contribution in [0.2, 0.25) is 0 Å². The second-order valence-electron chi connectivity index (χ2n) is 8.09. The Kier molecular flexibility index (Phi) is 4.39. The van der Waals surface area contributed by atoms with E-state index < -0.39 is 0 Å². The molecular weight excluding hydrogens is 326 g/mol. The monoisotopic (exact) mass is 355 g/mol. The number of imidazole rings is 1. The molecule has 4 rings (SSSR count). The lowest BCUT2D eigenvalue weighted by Gasteiger charge is -2.54. The van der Waals surface area contributed by atoms with E-state index in [1.807, 2.05) is 13.2 Å². The summed E-state index contributed by atoms with van der Waals surface area (Å²) in [6, 6.07) is 4.56. The third kappa shape index (κ3) is 2.86. The van der Waals surface area contributed by atoms with Gasteiger partial charge < -0.3 is 19.8 Å². The third-order valence-electron chi connectivity index (χ3n) is 6.02. The van der Waals surface area contributed by atoms with Crippen LogP contribution in [0.1, 0.15) is 31.5 Å². The van der Waals surface area contributed by atoms with Gasteiger partial charge in [-0.2, -0.15) is 0 Å². The van der Waals surface area contributed by atoms with Crippen LogP contribution in [0.25, 0.3) is 5.65 Å². The van der Waals surface area contributed by atoms with Gasteiger partial charge in [0.2, 0.25) is 0 Å². The Hall–Kier alpha value is -2.08. The van der Waals surface area contributed by atoms with Crippen LogP contribution < -0.4 is 10.6 Å². The fourth-order valence-electron chi connectivity index (χ4n) is 4.59. The molecule has 0 bridgehead atoms. The number of nitrogens with zero attached hydrogens (tertiary/aromatic N) is 3. The summed E-state index contributed by atoms with van der Waals surface area (Å²) in [6.07, 6.45) is 6.55. The van der Waals surface area contributed by atoms with Gasteiger partial charge in [0.1, 0.15) is 5.65 Å². The number of rotatable bonds is 4. The molecule has 0 amide bonds. The van der Waals surface area contributed by atoms with Crippen molar-refractivity contribution in [3.63, 3.8) is 0 Å². The van der Waals surface area contributed by atoms with Crippen molar-refractivity contribution in [2.45, 2.75) is 45.8 Å². The van der Waals surface area contributed by atoms with Gasteiger partial charge in [-0.05, 0) is 25.0 Å². The largest absolute Gasteiger partial charge is 0.377 e. The zero-order chi connectivity index (χ0) is 18.3. The average molecular weight is 355 g/mol. The van der Waals surface area contributed by atoms with E-state index in [1.165, 1.54) is 5.56 Å². The molecule has 1 aliphatic heterocycles. The van der Waals surface area contributed by atoms with E-state index in [2.05, 4.69) is 59.1 Å². The molecule has 1 saturated heterocycles. The summed E-state index contributed by atoms with van der Waals surface area (Å²) < 4.78 is 7.97. The van der Waals surface area contributed by atoms with Crippen molar-refractivity contribution in [2.75, 3.05) is 20.2 Å². The fourth-order valence-corrected chi connectivity index (χ4v) is 4.59. The van der Waals surface area contributed by atoms with Gasteiger partial charge in [-0.3, -0.25) is 4.99 Å². The molecule has 140 valence electrons. The summed E-state index contributed by atoms with van der Waals surface area (Å²) in [5.41, 5.74) is 3.48. The maximum Gasteiger partial charge on any atom is 0.191 e. The van der Waals surface area contributed by atoms with Crippen molar-refractivity contribution >= 4 is 11.6 Å². The average Bonchev–Trinajstić information content (AvgIpc) is 3.24. The fraction of sp³-hybridized carbons (Fsp3) is 0.600. The van der Waals surface area contributed by atoms with Crippen LogP contribution in [-0.4, -0.2) is 47.7 Å². The van der Waals surface area contributed by atoms with Gasteiger partial charge >= 0.3 is 0 Å². The van der Waals surface area contributed by atoms with Crippen molar-refractivity contribution in [3.05, 3.63) is 35.8 Å². The molecule has 0 spiro atoms. The number of ether oxygens (including phenoxy) is 1. The Morgan fingerprint density at radius 2 is 2.31 bits per heavy atom. The van der Waals surface area contributed by atoms with Crippen LogP contribution >= 0.6 is 0 Å². The SMILES string of the molecule is CN=C(NCCc1cn2cccc(C)c2n1)NC1C2CCOC2C1(C)C. The zero-order valence-electron chi connectivity index (χ0n) is 16.1. The van der Waals surface area contributed by atoms with Crippen LogP contribution in [0.3, 0.4) is 0 Å². The maximum atomic E-state index is 5.88. The molecule has 1 saturated carbocycles. The highest BCUT2D eigenvalue weighted by atomic mass is 16.5. The van der Waals surface area contributed by atoms with Gasteiger partial charge in [0.05, 0.1) is 11.8 Å². The molecule has 2 aromatic heterocycles. The zero-order valence-corrected chi connectivity index (χ0v) is 16.1. The maximum absolute atomic E-state index is 5.88. The highest BCUT2D eigenvalue weighted by Gasteiger charge is 2.59. The summed E-state index contributed by atoms with van der Waals surface area (Å²) in [5.74, 6) is 1.47. The Labute approximate surface area is 155 Å². The Balaban J connectivity index is 1.33. The van der Waals surface area contributed by atoms with E-state index in [4.69, 9.17) is 9.72 Å². The molecule has 2 aliphatic rings. The number of guanidine groups is 1. The van der Waals surface area contributed by atoms with Gasteiger partial charge in [-0.1, -0.05) is 19.9 Å². The van der Waals surface area contributed by atoms with Crippen molar-refractivity contribution in [3.8, 4) is 0 Å². The minimum absolute atomic E-state index is 0.151. The summed E-state index contributed by atoms with van der Waals surface area (Å²) in [7, 11) is 1.83. The molecule has 2 N–H and O–H groups in total. The number of pyridine rings is 1. The van der Waals surface area contributed by atoms with E-state index in [9.17, 15) is 0 Å². The second kappa shape index (κ2) is 6.58. The first kappa shape index (κ1) is 17.3. The predicted octanol–water partition coefficient (Wildman–Crippen LogP) is 2.16. The Morgan fingerprint density at radius 3 is 3.08 bits per heavy atom. The number of fused-ring (bicyclic) bond motifs is 2. The van der Waals surface area contributed by atoms with Crippen molar-refractivity contribution in [1.82, 2.24) is 20.0 Å². The normalized spacial score (nSPS) is 27.2. The molecule has 0 radical (unpaired) electrons. The molecule has 2 aromatic rings. The van der Waals surface area contributed by atoms with Crippen LogP contribution in [0, 0.1) is 18.3 Å².